The Morgan fingerprint density at radius 2 is 2.11 bits per heavy atom. The number of carboxylic acid groups (broad SMARTS) is 1. The number of benzene rings is 1. The molecule has 1 aromatic carbocycles. The molecule has 0 amide bonds. The van der Waals surface area contributed by atoms with Crippen molar-refractivity contribution in [2.24, 2.45) is 0 Å². The predicted molar refractivity (Wildman–Crippen MR) is 70.9 cm³/mol. The van der Waals surface area contributed by atoms with Crippen LogP contribution in [0, 0.1) is 6.92 Å². The monoisotopic (exact) mass is 247 g/mol. The van der Waals surface area contributed by atoms with Crippen LogP contribution in [0.1, 0.15) is 11.1 Å². The van der Waals surface area contributed by atoms with Gasteiger partial charge < -0.3 is 14.7 Å². The molecule has 1 saturated heterocycles. The molecule has 96 valence electrons. The summed E-state index contributed by atoms with van der Waals surface area (Å²) < 4.78 is 5.34. The Balaban J connectivity index is 2.23. The Morgan fingerprint density at radius 3 is 2.78 bits per heavy atom. The SMILES string of the molecule is Cc1ccc(/C=C/C(=O)O)cc1N1CCOCC1. The summed E-state index contributed by atoms with van der Waals surface area (Å²) in [5.74, 6) is -0.927. The van der Waals surface area contributed by atoms with E-state index >= 15 is 0 Å². The van der Waals surface area contributed by atoms with Gasteiger partial charge in [0.25, 0.3) is 0 Å². The van der Waals surface area contributed by atoms with Gasteiger partial charge in [0, 0.05) is 24.9 Å². The van der Waals surface area contributed by atoms with E-state index in [2.05, 4.69) is 11.8 Å². The van der Waals surface area contributed by atoms with Gasteiger partial charge in [0.2, 0.25) is 0 Å². The molecule has 1 N–H and O–H groups in total. The van der Waals surface area contributed by atoms with Crippen molar-refractivity contribution in [3.63, 3.8) is 0 Å². The molecule has 18 heavy (non-hydrogen) atoms. The number of aryl methyl sites for hydroxylation is 1. The summed E-state index contributed by atoms with van der Waals surface area (Å²) in [5.41, 5.74) is 3.26. The first-order chi connectivity index (χ1) is 8.66. The highest BCUT2D eigenvalue weighted by atomic mass is 16.5. The van der Waals surface area contributed by atoms with Crippen LogP contribution < -0.4 is 4.90 Å². The first kappa shape index (κ1) is 12.6. The molecule has 0 atom stereocenters. The standard InChI is InChI=1S/C14H17NO3/c1-11-2-3-12(4-5-14(16)17)10-13(11)15-6-8-18-9-7-15/h2-5,10H,6-9H2,1H3,(H,16,17)/b5-4+. The lowest BCUT2D eigenvalue weighted by Crippen LogP contribution is -2.36. The van der Waals surface area contributed by atoms with Crippen LogP contribution in [0.3, 0.4) is 0 Å². The third kappa shape index (κ3) is 3.11. The molecule has 2 rings (SSSR count). The number of anilines is 1. The van der Waals surface area contributed by atoms with Gasteiger partial charge in [0.15, 0.2) is 0 Å². The highest BCUT2D eigenvalue weighted by Gasteiger charge is 2.13. The third-order valence-electron chi connectivity index (χ3n) is 3.00. The van der Waals surface area contributed by atoms with E-state index in [1.54, 1.807) is 6.08 Å². The topological polar surface area (TPSA) is 49.8 Å². The minimum Gasteiger partial charge on any atom is -0.478 e. The van der Waals surface area contributed by atoms with E-state index in [-0.39, 0.29) is 0 Å². The van der Waals surface area contributed by atoms with Crippen molar-refractivity contribution in [2.75, 3.05) is 31.2 Å². The Labute approximate surface area is 106 Å². The van der Waals surface area contributed by atoms with Gasteiger partial charge in [-0.05, 0) is 30.2 Å². The lowest BCUT2D eigenvalue weighted by Gasteiger charge is -2.30. The number of aliphatic carboxylic acids is 1. The fourth-order valence-electron chi connectivity index (χ4n) is 2.04. The number of hydrogen-bond donors (Lipinski definition) is 1. The van der Waals surface area contributed by atoms with Gasteiger partial charge in [-0.15, -0.1) is 0 Å². The summed E-state index contributed by atoms with van der Waals surface area (Å²) in [5, 5.41) is 8.63. The zero-order chi connectivity index (χ0) is 13.0. The highest BCUT2D eigenvalue weighted by Crippen LogP contribution is 2.23. The summed E-state index contributed by atoms with van der Waals surface area (Å²) in [6.45, 7) is 5.32. The van der Waals surface area contributed by atoms with E-state index in [0.717, 1.165) is 43.6 Å². The number of rotatable bonds is 3. The summed E-state index contributed by atoms with van der Waals surface area (Å²) in [6.07, 6.45) is 2.78. The fraction of sp³-hybridized carbons (Fsp3) is 0.357. The minimum atomic E-state index is -0.927. The van der Waals surface area contributed by atoms with Crippen molar-refractivity contribution in [3.8, 4) is 0 Å². The molecule has 0 bridgehead atoms. The van der Waals surface area contributed by atoms with Gasteiger partial charge in [-0.25, -0.2) is 4.79 Å². The molecular weight excluding hydrogens is 230 g/mol. The Kier molecular flexibility index (Phi) is 3.99. The van der Waals surface area contributed by atoms with E-state index in [0.29, 0.717) is 0 Å². The zero-order valence-corrected chi connectivity index (χ0v) is 10.4. The lowest BCUT2D eigenvalue weighted by molar-refractivity contribution is -0.131. The number of nitrogens with zero attached hydrogens (tertiary/aromatic N) is 1. The second-order valence-electron chi connectivity index (χ2n) is 4.32. The molecule has 0 saturated carbocycles. The number of morpholine rings is 1. The smallest absolute Gasteiger partial charge is 0.328 e. The highest BCUT2D eigenvalue weighted by molar-refractivity contribution is 5.85. The maximum atomic E-state index is 10.5. The molecule has 0 aliphatic carbocycles. The van der Waals surface area contributed by atoms with Crippen LogP contribution in [0.4, 0.5) is 5.69 Å². The molecular formula is C14H17NO3. The minimum absolute atomic E-state index is 0.745. The normalized spacial score (nSPS) is 16.2. The largest absolute Gasteiger partial charge is 0.478 e. The van der Waals surface area contributed by atoms with Gasteiger partial charge in [0.1, 0.15) is 0 Å². The van der Waals surface area contributed by atoms with Crippen LogP contribution in [0.15, 0.2) is 24.3 Å². The Hall–Kier alpha value is -1.81. The molecule has 1 heterocycles. The molecule has 1 fully saturated rings. The van der Waals surface area contributed by atoms with Crippen molar-refractivity contribution >= 4 is 17.7 Å². The van der Waals surface area contributed by atoms with E-state index in [1.165, 1.54) is 5.56 Å². The third-order valence-corrected chi connectivity index (χ3v) is 3.00. The molecule has 0 radical (unpaired) electrons. The Bertz CT molecular complexity index is 462. The van der Waals surface area contributed by atoms with Crippen molar-refractivity contribution in [2.45, 2.75) is 6.92 Å². The van der Waals surface area contributed by atoms with E-state index < -0.39 is 5.97 Å². The molecule has 0 spiro atoms. The van der Waals surface area contributed by atoms with Crippen molar-refractivity contribution in [3.05, 3.63) is 35.4 Å². The van der Waals surface area contributed by atoms with Gasteiger partial charge in [-0.3, -0.25) is 0 Å². The fourth-order valence-corrected chi connectivity index (χ4v) is 2.04. The van der Waals surface area contributed by atoms with Gasteiger partial charge in [0.05, 0.1) is 13.2 Å². The van der Waals surface area contributed by atoms with E-state index in [1.807, 2.05) is 18.2 Å². The van der Waals surface area contributed by atoms with E-state index in [9.17, 15) is 4.79 Å². The first-order valence-corrected chi connectivity index (χ1v) is 6.01. The van der Waals surface area contributed by atoms with Crippen LogP contribution in [-0.2, 0) is 9.53 Å². The summed E-state index contributed by atoms with van der Waals surface area (Å²) in [4.78, 5) is 12.8. The Morgan fingerprint density at radius 1 is 1.39 bits per heavy atom. The number of hydrogen-bond acceptors (Lipinski definition) is 3. The molecule has 1 aliphatic heterocycles. The van der Waals surface area contributed by atoms with E-state index in [4.69, 9.17) is 9.84 Å². The molecule has 4 heteroatoms. The molecule has 4 nitrogen and oxygen atoms in total. The van der Waals surface area contributed by atoms with Crippen LogP contribution in [0.5, 0.6) is 0 Å². The molecule has 1 aromatic rings. The lowest BCUT2D eigenvalue weighted by atomic mass is 10.1. The number of carboxylic acids is 1. The van der Waals surface area contributed by atoms with Crippen LogP contribution in [0.2, 0.25) is 0 Å². The number of ether oxygens (including phenoxy) is 1. The summed E-state index contributed by atoms with van der Waals surface area (Å²) in [6, 6.07) is 5.98. The molecule has 1 aliphatic rings. The predicted octanol–water partition coefficient (Wildman–Crippen LogP) is 1.93. The van der Waals surface area contributed by atoms with Gasteiger partial charge in [-0.2, -0.15) is 0 Å². The van der Waals surface area contributed by atoms with Gasteiger partial charge in [-0.1, -0.05) is 12.1 Å². The van der Waals surface area contributed by atoms with Crippen LogP contribution >= 0.6 is 0 Å². The van der Waals surface area contributed by atoms with Crippen LogP contribution in [0.25, 0.3) is 6.08 Å². The molecule has 0 aromatic heterocycles. The first-order valence-electron chi connectivity index (χ1n) is 6.01. The van der Waals surface area contributed by atoms with Gasteiger partial charge >= 0.3 is 5.97 Å². The van der Waals surface area contributed by atoms with Crippen molar-refractivity contribution in [1.82, 2.24) is 0 Å². The summed E-state index contributed by atoms with van der Waals surface area (Å²) >= 11 is 0. The van der Waals surface area contributed by atoms with Crippen molar-refractivity contribution in [1.29, 1.82) is 0 Å². The van der Waals surface area contributed by atoms with Crippen molar-refractivity contribution < 1.29 is 14.6 Å². The summed E-state index contributed by atoms with van der Waals surface area (Å²) in [7, 11) is 0. The zero-order valence-electron chi connectivity index (χ0n) is 10.4. The average molecular weight is 247 g/mol. The second-order valence-corrected chi connectivity index (χ2v) is 4.32. The number of carbonyl (C=O) groups is 1. The molecule has 0 unspecified atom stereocenters. The van der Waals surface area contributed by atoms with Crippen LogP contribution in [-0.4, -0.2) is 37.4 Å². The average Bonchev–Trinajstić information content (AvgIpc) is 2.38. The maximum absolute atomic E-state index is 10.5. The second kappa shape index (κ2) is 5.69. The maximum Gasteiger partial charge on any atom is 0.328 e. The quantitative estimate of drug-likeness (QED) is 0.829.